The van der Waals surface area contributed by atoms with Crippen molar-refractivity contribution < 1.29 is 13.2 Å². The minimum atomic E-state index is -4.56. The Hall–Kier alpha value is -2.31. The van der Waals surface area contributed by atoms with Crippen molar-refractivity contribution in [2.75, 3.05) is 30.0 Å². The lowest BCUT2D eigenvalue weighted by Gasteiger charge is -2.32. The standard InChI is InChI=1S/C26H32F3N7S2/c1-3-15-14-36(18-8-10-35(11-9-18)17-6-7-17)34-23(15)33-25-30-13-19(26(27,28)29)22(32-25)20-12-21(37-2)24(38-20)31-16-4-5-16/h12-14,16-18,31H,3-11H2,1-2H3,(H,30,32,33,34). The highest BCUT2D eigenvalue weighted by Gasteiger charge is 2.37. The molecule has 2 N–H and O–H groups in total. The SMILES string of the molecule is CCc1cn(C2CCN(C3CC3)CC2)nc1Nc1ncc(C(F)(F)F)c(-c2cc(SC)c(NC3CC3)s2)n1. The van der Waals surface area contributed by atoms with E-state index in [9.17, 15) is 13.2 Å². The van der Waals surface area contributed by atoms with Gasteiger partial charge in [-0.2, -0.15) is 18.3 Å². The van der Waals surface area contributed by atoms with E-state index < -0.39 is 11.7 Å². The zero-order chi connectivity index (χ0) is 26.4. The Kier molecular flexibility index (Phi) is 7.06. The number of piperidine rings is 1. The summed E-state index contributed by atoms with van der Waals surface area (Å²) >= 11 is 2.83. The Balaban J connectivity index is 1.27. The van der Waals surface area contributed by atoms with Gasteiger partial charge in [0.1, 0.15) is 10.6 Å². The molecule has 3 aromatic heterocycles. The maximum atomic E-state index is 14.0. The quantitative estimate of drug-likeness (QED) is 0.277. The number of hydrogen-bond donors (Lipinski definition) is 2. The summed E-state index contributed by atoms with van der Waals surface area (Å²) in [6, 6.07) is 3.30. The van der Waals surface area contributed by atoms with Gasteiger partial charge in [0.2, 0.25) is 5.95 Å². The number of aromatic nitrogens is 4. The maximum Gasteiger partial charge on any atom is 0.420 e. The monoisotopic (exact) mass is 563 g/mol. The summed E-state index contributed by atoms with van der Waals surface area (Å²) in [5, 5.41) is 12.3. The summed E-state index contributed by atoms with van der Waals surface area (Å²) in [4.78, 5) is 12.4. The molecule has 1 saturated heterocycles. The van der Waals surface area contributed by atoms with Gasteiger partial charge in [-0.15, -0.1) is 23.1 Å². The van der Waals surface area contributed by atoms with Crippen molar-refractivity contribution in [3.8, 4) is 10.6 Å². The van der Waals surface area contributed by atoms with Gasteiger partial charge in [-0.1, -0.05) is 6.92 Å². The van der Waals surface area contributed by atoms with Gasteiger partial charge in [0.15, 0.2) is 5.82 Å². The molecular weight excluding hydrogens is 531 g/mol. The van der Waals surface area contributed by atoms with E-state index in [4.69, 9.17) is 5.10 Å². The molecule has 12 heteroatoms. The van der Waals surface area contributed by atoms with Gasteiger partial charge in [0.05, 0.1) is 16.6 Å². The highest BCUT2D eigenvalue weighted by molar-refractivity contribution is 7.99. The third-order valence-electron chi connectivity index (χ3n) is 7.51. The second-order valence-electron chi connectivity index (χ2n) is 10.3. The predicted molar refractivity (Wildman–Crippen MR) is 147 cm³/mol. The van der Waals surface area contributed by atoms with Gasteiger partial charge < -0.3 is 15.5 Å². The van der Waals surface area contributed by atoms with Crippen LogP contribution in [0.15, 0.2) is 23.4 Å². The fraction of sp³-hybridized carbons (Fsp3) is 0.577. The van der Waals surface area contributed by atoms with Crippen molar-refractivity contribution in [1.82, 2.24) is 24.6 Å². The zero-order valence-corrected chi connectivity index (χ0v) is 23.1. The number of thioether (sulfide) groups is 1. The van der Waals surface area contributed by atoms with E-state index in [0.717, 1.165) is 72.9 Å². The first-order valence-electron chi connectivity index (χ1n) is 13.3. The maximum absolute atomic E-state index is 14.0. The van der Waals surface area contributed by atoms with Crippen molar-refractivity contribution in [2.45, 2.75) is 81.1 Å². The van der Waals surface area contributed by atoms with E-state index in [-0.39, 0.29) is 11.6 Å². The van der Waals surface area contributed by atoms with Crippen LogP contribution in [0.4, 0.5) is 29.9 Å². The molecule has 4 heterocycles. The molecule has 3 aromatic rings. The Morgan fingerprint density at radius 1 is 1.11 bits per heavy atom. The molecule has 38 heavy (non-hydrogen) atoms. The van der Waals surface area contributed by atoms with Crippen molar-refractivity contribution in [3.63, 3.8) is 0 Å². The number of alkyl halides is 3. The molecule has 0 aromatic carbocycles. The van der Waals surface area contributed by atoms with Crippen LogP contribution in [-0.2, 0) is 12.6 Å². The summed E-state index contributed by atoms with van der Waals surface area (Å²) in [6.07, 6.45) is 7.96. The first kappa shape index (κ1) is 25.9. The normalized spacial score (nSPS) is 19.2. The van der Waals surface area contributed by atoms with Crippen molar-refractivity contribution in [1.29, 1.82) is 0 Å². The van der Waals surface area contributed by atoms with Crippen LogP contribution in [-0.4, -0.2) is 56.1 Å². The first-order chi connectivity index (χ1) is 18.3. The number of aryl methyl sites for hydroxylation is 1. The first-order valence-corrected chi connectivity index (χ1v) is 15.3. The second kappa shape index (κ2) is 10.3. The zero-order valence-electron chi connectivity index (χ0n) is 21.5. The smallest absolute Gasteiger partial charge is 0.373 e. The molecule has 3 fully saturated rings. The summed E-state index contributed by atoms with van der Waals surface area (Å²) in [5.41, 5.74) is 0.0547. The number of anilines is 3. The van der Waals surface area contributed by atoms with E-state index >= 15 is 0 Å². The van der Waals surface area contributed by atoms with Crippen molar-refractivity contribution >= 4 is 39.9 Å². The molecule has 0 radical (unpaired) electrons. The lowest BCUT2D eigenvalue weighted by molar-refractivity contribution is -0.137. The van der Waals surface area contributed by atoms with Crippen LogP contribution < -0.4 is 10.6 Å². The number of halogens is 3. The lowest BCUT2D eigenvalue weighted by atomic mass is 10.1. The van der Waals surface area contributed by atoms with E-state index in [2.05, 4.69) is 31.7 Å². The minimum absolute atomic E-state index is 0.107. The number of likely N-dealkylation sites (tertiary alicyclic amines) is 1. The third-order valence-corrected chi connectivity index (χ3v) is 9.48. The van der Waals surface area contributed by atoms with Crippen LogP contribution in [0, 0.1) is 0 Å². The van der Waals surface area contributed by atoms with E-state index in [1.807, 2.05) is 17.9 Å². The Bertz CT molecular complexity index is 1290. The van der Waals surface area contributed by atoms with Gasteiger partial charge in [-0.3, -0.25) is 4.68 Å². The molecule has 2 saturated carbocycles. The van der Waals surface area contributed by atoms with Crippen LogP contribution >= 0.6 is 23.1 Å². The largest absolute Gasteiger partial charge is 0.420 e. The van der Waals surface area contributed by atoms with Gasteiger partial charge in [-0.05, 0) is 57.3 Å². The number of hydrogen-bond acceptors (Lipinski definition) is 8. The van der Waals surface area contributed by atoms with Gasteiger partial charge in [0, 0.05) is 48.0 Å². The molecule has 204 valence electrons. The Morgan fingerprint density at radius 3 is 2.50 bits per heavy atom. The fourth-order valence-electron chi connectivity index (χ4n) is 5.04. The predicted octanol–water partition coefficient (Wildman–Crippen LogP) is 6.82. The molecule has 7 nitrogen and oxygen atoms in total. The molecule has 0 bridgehead atoms. The second-order valence-corrected chi connectivity index (χ2v) is 12.2. The van der Waals surface area contributed by atoms with Crippen LogP contribution in [0.5, 0.6) is 0 Å². The highest BCUT2D eigenvalue weighted by atomic mass is 32.2. The number of rotatable bonds is 9. The molecule has 0 amide bonds. The summed E-state index contributed by atoms with van der Waals surface area (Å²) < 4.78 is 44.0. The van der Waals surface area contributed by atoms with E-state index in [1.54, 1.807) is 6.07 Å². The summed E-state index contributed by atoms with van der Waals surface area (Å²) in [6.45, 7) is 4.22. The molecule has 6 rings (SSSR count). The van der Waals surface area contributed by atoms with Crippen molar-refractivity contribution in [2.24, 2.45) is 0 Å². The molecule has 3 aliphatic rings. The molecular formula is C26H32F3N7S2. The van der Waals surface area contributed by atoms with Gasteiger partial charge in [0.25, 0.3) is 0 Å². The number of nitrogens with one attached hydrogen (secondary N) is 2. The molecule has 0 unspecified atom stereocenters. The third kappa shape index (κ3) is 5.53. The van der Waals surface area contributed by atoms with Crippen molar-refractivity contribution in [3.05, 3.63) is 29.6 Å². The van der Waals surface area contributed by atoms with Crippen LogP contribution in [0.25, 0.3) is 10.6 Å². The topological polar surface area (TPSA) is 70.9 Å². The van der Waals surface area contributed by atoms with E-state index in [1.165, 1.54) is 35.9 Å². The molecule has 0 spiro atoms. The average molecular weight is 564 g/mol. The number of thiophene rings is 1. The highest BCUT2D eigenvalue weighted by Crippen LogP contribution is 2.45. The Morgan fingerprint density at radius 2 is 1.87 bits per heavy atom. The van der Waals surface area contributed by atoms with Crippen LogP contribution in [0.3, 0.4) is 0 Å². The number of nitrogens with zero attached hydrogens (tertiary/aromatic N) is 5. The molecule has 2 aliphatic carbocycles. The van der Waals surface area contributed by atoms with Crippen LogP contribution in [0.2, 0.25) is 0 Å². The summed E-state index contributed by atoms with van der Waals surface area (Å²) in [7, 11) is 0. The molecule has 0 atom stereocenters. The summed E-state index contributed by atoms with van der Waals surface area (Å²) in [5.74, 6) is 0.724. The van der Waals surface area contributed by atoms with Gasteiger partial charge in [-0.25, -0.2) is 9.97 Å². The van der Waals surface area contributed by atoms with Crippen LogP contribution in [0.1, 0.15) is 62.6 Å². The molecule has 1 aliphatic heterocycles. The van der Waals surface area contributed by atoms with E-state index in [0.29, 0.717) is 22.8 Å². The lowest BCUT2D eigenvalue weighted by Crippen LogP contribution is -2.36. The average Bonchev–Trinajstić information content (AvgIpc) is 3.83. The Labute approximate surface area is 228 Å². The van der Waals surface area contributed by atoms with Gasteiger partial charge >= 0.3 is 6.18 Å². The fourth-order valence-corrected chi connectivity index (χ4v) is 7.00. The minimum Gasteiger partial charge on any atom is -0.373 e.